The van der Waals surface area contributed by atoms with Gasteiger partial charge in [-0.1, -0.05) is 25.7 Å². The van der Waals surface area contributed by atoms with Crippen LogP contribution >= 0.6 is 0 Å². The molecule has 0 bridgehead atoms. The fourth-order valence-corrected chi connectivity index (χ4v) is 2.42. The molecule has 0 radical (unpaired) electrons. The number of carbonyl (C=O) groups is 2. The van der Waals surface area contributed by atoms with E-state index < -0.39 is 17.4 Å². The predicted octanol–water partition coefficient (Wildman–Crippen LogP) is 1.38. The highest BCUT2D eigenvalue weighted by molar-refractivity contribution is 5.96. The van der Waals surface area contributed by atoms with E-state index in [9.17, 15) is 14.7 Å². The summed E-state index contributed by atoms with van der Waals surface area (Å²) >= 11 is 0. The molecule has 1 fully saturated rings. The van der Waals surface area contributed by atoms with E-state index in [-0.39, 0.29) is 5.69 Å². The van der Waals surface area contributed by atoms with E-state index in [1.165, 1.54) is 18.6 Å². The van der Waals surface area contributed by atoms with Crippen LogP contribution in [0.3, 0.4) is 0 Å². The first kappa shape index (κ1) is 13.5. The molecule has 1 aromatic rings. The van der Waals surface area contributed by atoms with Crippen molar-refractivity contribution in [1.82, 2.24) is 15.3 Å². The minimum absolute atomic E-state index is 0.146. The van der Waals surface area contributed by atoms with E-state index in [0.29, 0.717) is 12.8 Å². The average Bonchev–Trinajstić information content (AvgIpc) is 2.66. The average molecular weight is 263 g/mol. The normalized spacial score (nSPS) is 18.3. The van der Waals surface area contributed by atoms with Gasteiger partial charge in [0.15, 0.2) is 0 Å². The van der Waals surface area contributed by atoms with Crippen molar-refractivity contribution in [1.29, 1.82) is 0 Å². The summed E-state index contributed by atoms with van der Waals surface area (Å²) in [7, 11) is 0. The van der Waals surface area contributed by atoms with Gasteiger partial charge in [-0.3, -0.25) is 9.78 Å². The van der Waals surface area contributed by atoms with Crippen LogP contribution in [-0.2, 0) is 4.79 Å². The van der Waals surface area contributed by atoms with Crippen LogP contribution in [-0.4, -0.2) is 32.5 Å². The summed E-state index contributed by atoms with van der Waals surface area (Å²) < 4.78 is 0. The number of carboxylic acids is 1. The first-order valence-electron chi connectivity index (χ1n) is 6.46. The molecule has 6 heteroatoms. The number of aromatic nitrogens is 2. The maximum atomic E-state index is 12.1. The third-order valence-corrected chi connectivity index (χ3v) is 3.52. The highest BCUT2D eigenvalue weighted by Gasteiger charge is 2.40. The number of amides is 1. The van der Waals surface area contributed by atoms with Gasteiger partial charge in [0.1, 0.15) is 11.2 Å². The number of nitrogens with one attached hydrogen (secondary N) is 1. The minimum atomic E-state index is -1.16. The van der Waals surface area contributed by atoms with Gasteiger partial charge in [0.25, 0.3) is 5.91 Å². The molecule has 1 amide bonds. The van der Waals surface area contributed by atoms with Gasteiger partial charge in [-0.2, -0.15) is 0 Å². The first-order chi connectivity index (χ1) is 9.14. The molecule has 19 heavy (non-hydrogen) atoms. The van der Waals surface area contributed by atoms with Gasteiger partial charge in [0, 0.05) is 12.4 Å². The molecule has 2 rings (SSSR count). The number of aliphatic carboxylic acids is 1. The summed E-state index contributed by atoms with van der Waals surface area (Å²) in [4.78, 5) is 31.3. The van der Waals surface area contributed by atoms with Gasteiger partial charge in [-0.25, -0.2) is 9.78 Å². The number of hydrogen-bond acceptors (Lipinski definition) is 4. The molecule has 0 atom stereocenters. The van der Waals surface area contributed by atoms with Crippen LogP contribution in [0, 0.1) is 0 Å². The van der Waals surface area contributed by atoms with Gasteiger partial charge >= 0.3 is 5.97 Å². The van der Waals surface area contributed by atoms with Crippen LogP contribution in [0.15, 0.2) is 18.6 Å². The number of rotatable bonds is 3. The van der Waals surface area contributed by atoms with Crippen molar-refractivity contribution < 1.29 is 14.7 Å². The Balaban J connectivity index is 2.17. The summed E-state index contributed by atoms with van der Waals surface area (Å²) in [5.74, 6) is -1.44. The Bertz CT molecular complexity index is 453. The second kappa shape index (κ2) is 5.77. The van der Waals surface area contributed by atoms with Crippen LogP contribution in [0.25, 0.3) is 0 Å². The standard InChI is InChI=1S/C13H17N3O3/c17-11(10-9-14-7-8-15-10)16-13(12(18)19)5-3-1-2-4-6-13/h7-9H,1-6H2,(H,16,17)(H,18,19). The third-order valence-electron chi connectivity index (χ3n) is 3.52. The highest BCUT2D eigenvalue weighted by Crippen LogP contribution is 2.27. The smallest absolute Gasteiger partial charge is 0.329 e. The maximum absolute atomic E-state index is 12.1. The number of hydrogen-bond donors (Lipinski definition) is 2. The summed E-state index contributed by atoms with van der Waals surface area (Å²) in [6.07, 6.45) is 8.79. The number of carbonyl (C=O) groups excluding carboxylic acids is 1. The molecule has 1 saturated carbocycles. The lowest BCUT2D eigenvalue weighted by Crippen LogP contribution is -2.54. The van der Waals surface area contributed by atoms with E-state index >= 15 is 0 Å². The molecule has 1 aliphatic carbocycles. The molecule has 2 N–H and O–H groups in total. The topological polar surface area (TPSA) is 92.2 Å². The molecule has 0 aromatic carbocycles. The lowest BCUT2D eigenvalue weighted by Gasteiger charge is -2.29. The molecular weight excluding hydrogens is 246 g/mol. The Labute approximate surface area is 111 Å². The van der Waals surface area contributed by atoms with Gasteiger partial charge in [0.2, 0.25) is 0 Å². The molecule has 0 saturated heterocycles. The zero-order chi connectivity index (χ0) is 13.7. The van der Waals surface area contributed by atoms with Crippen molar-refractivity contribution in [2.75, 3.05) is 0 Å². The summed E-state index contributed by atoms with van der Waals surface area (Å²) in [5.41, 5.74) is -1.02. The molecule has 102 valence electrons. The largest absolute Gasteiger partial charge is 0.480 e. The molecule has 1 heterocycles. The van der Waals surface area contributed by atoms with Crippen molar-refractivity contribution in [3.8, 4) is 0 Å². The first-order valence-corrected chi connectivity index (χ1v) is 6.46. The maximum Gasteiger partial charge on any atom is 0.329 e. The van der Waals surface area contributed by atoms with Crippen molar-refractivity contribution >= 4 is 11.9 Å². The zero-order valence-electron chi connectivity index (χ0n) is 10.6. The molecule has 0 unspecified atom stereocenters. The SMILES string of the molecule is O=C(NC1(C(=O)O)CCCCCC1)c1cnccn1. The highest BCUT2D eigenvalue weighted by atomic mass is 16.4. The van der Waals surface area contributed by atoms with Gasteiger partial charge in [0.05, 0.1) is 6.20 Å². The Kier molecular flexibility index (Phi) is 4.09. The van der Waals surface area contributed by atoms with Gasteiger partial charge in [-0.15, -0.1) is 0 Å². The van der Waals surface area contributed by atoms with E-state index in [1.807, 2.05) is 0 Å². The van der Waals surface area contributed by atoms with E-state index in [2.05, 4.69) is 15.3 Å². The molecular formula is C13H17N3O3. The Morgan fingerprint density at radius 2 is 1.84 bits per heavy atom. The van der Waals surface area contributed by atoms with Crippen LogP contribution in [0.5, 0.6) is 0 Å². The van der Waals surface area contributed by atoms with Crippen LogP contribution in [0.4, 0.5) is 0 Å². The van der Waals surface area contributed by atoms with Crippen LogP contribution in [0.1, 0.15) is 49.0 Å². The zero-order valence-corrected chi connectivity index (χ0v) is 10.6. The Hall–Kier alpha value is -1.98. The van der Waals surface area contributed by atoms with Crippen molar-refractivity contribution in [2.24, 2.45) is 0 Å². The van der Waals surface area contributed by atoms with Crippen LogP contribution in [0.2, 0.25) is 0 Å². The summed E-state index contributed by atoms with van der Waals surface area (Å²) in [6, 6.07) is 0. The lowest BCUT2D eigenvalue weighted by molar-refractivity contribution is -0.145. The number of carboxylic acid groups (broad SMARTS) is 1. The van der Waals surface area contributed by atoms with Gasteiger partial charge < -0.3 is 10.4 Å². The summed E-state index contributed by atoms with van der Waals surface area (Å²) in [5, 5.41) is 12.1. The third kappa shape index (κ3) is 3.07. The molecule has 1 aromatic heterocycles. The van der Waals surface area contributed by atoms with Crippen molar-refractivity contribution in [3.05, 3.63) is 24.3 Å². The van der Waals surface area contributed by atoms with E-state index in [0.717, 1.165) is 25.7 Å². The van der Waals surface area contributed by atoms with E-state index in [1.54, 1.807) is 0 Å². The minimum Gasteiger partial charge on any atom is -0.480 e. The number of nitrogens with zero attached hydrogens (tertiary/aromatic N) is 2. The Morgan fingerprint density at radius 3 is 2.37 bits per heavy atom. The second-order valence-electron chi connectivity index (χ2n) is 4.85. The fraction of sp³-hybridized carbons (Fsp3) is 0.538. The quantitative estimate of drug-likeness (QED) is 0.804. The predicted molar refractivity (Wildman–Crippen MR) is 67.6 cm³/mol. The molecule has 1 aliphatic rings. The monoisotopic (exact) mass is 263 g/mol. The van der Waals surface area contributed by atoms with Crippen molar-refractivity contribution in [2.45, 2.75) is 44.1 Å². The van der Waals surface area contributed by atoms with Gasteiger partial charge in [-0.05, 0) is 12.8 Å². The molecule has 0 aliphatic heterocycles. The fourth-order valence-electron chi connectivity index (χ4n) is 2.42. The molecule has 6 nitrogen and oxygen atoms in total. The van der Waals surface area contributed by atoms with E-state index in [4.69, 9.17) is 0 Å². The van der Waals surface area contributed by atoms with Crippen LogP contribution < -0.4 is 5.32 Å². The summed E-state index contributed by atoms with van der Waals surface area (Å²) in [6.45, 7) is 0. The molecule has 0 spiro atoms. The lowest BCUT2D eigenvalue weighted by atomic mass is 9.90. The Morgan fingerprint density at radius 1 is 1.16 bits per heavy atom. The second-order valence-corrected chi connectivity index (χ2v) is 4.85. The van der Waals surface area contributed by atoms with Crippen molar-refractivity contribution in [3.63, 3.8) is 0 Å².